The van der Waals surface area contributed by atoms with Crippen molar-refractivity contribution < 1.29 is 8.78 Å². The zero-order valence-corrected chi connectivity index (χ0v) is 10.3. The predicted molar refractivity (Wildman–Crippen MR) is 65.1 cm³/mol. The van der Waals surface area contributed by atoms with Gasteiger partial charge < -0.3 is 0 Å². The molecule has 0 bridgehead atoms. The van der Waals surface area contributed by atoms with Crippen LogP contribution in [0.2, 0.25) is 0 Å². The standard InChI is InChI=1S/C11H10F2N4S/c1-6-4-10(16-11(15-6)17-14)18-7-2-3-8(12)9(13)5-7/h2-5H,14H2,1H3,(H,15,16,17). The second kappa shape index (κ2) is 5.28. The molecule has 3 N–H and O–H groups in total. The van der Waals surface area contributed by atoms with Gasteiger partial charge in [0.15, 0.2) is 11.6 Å². The van der Waals surface area contributed by atoms with Gasteiger partial charge in [-0.15, -0.1) is 0 Å². The van der Waals surface area contributed by atoms with E-state index in [1.165, 1.54) is 17.8 Å². The van der Waals surface area contributed by atoms with E-state index in [0.717, 1.165) is 17.8 Å². The molecule has 18 heavy (non-hydrogen) atoms. The Balaban J connectivity index is 2.27. The molecule has 1 aromatic heterocycles. The number of anilines is 1. The molecule has 0 saturated carbocycles. The van der Waals surface area contributed by atoms with Crippen molar-refractivity contribution in [2.24, 2.45) is 5.84 Å². The van der Waals surface area contributed by atoms with E-state index in [0.29, 0.717) is 9.92 Å². The smallest absolute Gasteiger partial charge is 0.238 e. The van der Waals surface area contributed by atoms with Gasteiger partial charge in [-0.05, 0) is 31.2 Å². The summed E-state index contributed by atoms with van der Waals surface area (Å²) in [5, 5.41) is 0.599. The number of rotatable bonds is 3. The zero-order chi connectivity index (χ0) is 13.1. The lowest BCUT2D eigenvalue weighted by molar-refractivity contribution is 0.506. The second-order valence-corrected chi connectivity index (χ2v) is 4.59. The highest BCUT2D eigenvalue weighted by atomic mass is 32.2. The molecule has 0 aliphatic heterocycles. The number of nitrogen functional groups attached to an aromatic ring is 1. The van der Waals surface area contributed by atoms with Crippen LogP contribution in [0.5, 0.6) is 0 Å². The number of nitrogens with zero attached hydrogens (tertiary/aromatic N) is 2. The molecule has 0 spiro atoms. The van der Waals surface area contributed by atoms with Crippen molar-refractivity contribution in [1.29, 1.82) is 0 Å². The molecule has 2 rings (SSSR count). The van der Waals surface area contributed by atoms with Crippen molar-refractivity contribution >= 4 is 17.7 Å². The topological polar surface area (TPSA) is 63.8 Å². The average Bonchev–Trinajstić information content (AvgIpc) is 2.33. The van der Waals surface area contributed by atoms with Gasteiger partial charge in [0.2, 0.25) is 5.95 Å². The molecule has 0 aliphatic carbocycles. The first-order valence-electron chi connectivity index (χ1n) is 5.03. The van der Waals surface area contributed by atoms with E-state index < -0.39 is 11.6 Å². The number of hydrogen-bond acceptors (Lipinski definition) is 5. The summed E-state index contributed by atoms with van der Waals surface area (Å²) in [5.41, 5.74) is 3.07. The summed E-state index contributed by atoms with van der Waals surface area (Å²) in [6.45, 7) is 1.79. The fraction of sp³-hybridized carbons (Fsp3) is 0.0909. The molecule has 1 heterocycles. The fourth-order valence-corrected chi connectivity index (χ4v) is 2.22. The molecule has 1 aromatic carbocycles. The van der Waals surface area contributed by atoms with Crippen LogP contribution in [0.15, 0.2) is 34.2 Å². The quantitative estimate of drug-likeness (QED) is 0.508. The molecule has 0 unspecified atom stereocenters. The molecule has 2 aromatic rings. The maximum absolute atomic E-state index is 13.1. The number of nitrogens with two attached hydrogens (primary N) is 1. The molecular formula is C11H10F2N4S. The maximum atomic E-state index is 13.1. The lowest BCUT2D eigenvalue weighted by atomic mass is 10.3. The minimum Gasteiger partial charge on any atom is -0.292 e. The lowest BCUT2D eigenvalue weighted by Crippen LogP contribution is -2.11. The normalized spacial score (nSPS) is 10.4. The zero-order valence-electron chi connectivity index (χ0n) is 9.45. The first-order chi connectivity index (χ1) is 8.58. The van der Waals surface area contributed by atoms with Gasteiger partial charge in [-0.25, -0.2) is 24.6 Å². The van der Waals surface area contributed by atoms with Gasteiger partial charge in [0.25, 0.3) is 0 Å². The number of aryl methyl sites for hydroxylation is 1. The van der Waals surface area contributed by atoms with Gasteiger partial charge in [-0.1, -0.05) is 11.8 Å². The van der Waals surface area contributed by atoms with Crippen LogP contribution in [0.1, 0.15) is 5.69 Å². The van der Waals surface area contributed by atoms with Gasteiger partial charge in [0, 0.05) is 10.6 Å². The predicted octanol–water partition coefficient (Wildman–Crippen LogP) is 2.50. The van der Waals surface area contributed by atoms with E-state index in [1.807, 2.05) is 0 Å². The fourth-order valence-electron chi connectivity index (χ4n) is 1.32. The van der Waals surface area contributed by atoms with Crippen molar-refractivity contribution in [1.82, 2.24) is 9.97 Å². The molecule has 94 valence electrons. The summed E-state index contributed by atoms with van der Waals surface area (Å²) < 4.78 is 25.8. The highest BCUT2D eigenvalue weighted by molar-refractivity contribution is 7.99. The number of nitrogens with one attached hydrogen (secondary N) is 1. The minimum absolute atomic E-state index is 0.278. The Morgan fingerprint density at radius 1 is 1.17 bits per heavy atom. The van der Waals surface area contributed by atoms with Gasteiger partial charge in [-0.3, -0.25) is 5.43 Å². The van der Waals surface area contributed by atoms with Crippen LogP contribution in [0.25, 0.3) is 0 Å². The summed E-state index contributed by atoms with van der Waals surface area (Å²) in [7, 11) is 0. The molecule has 4 nitrogen and oxygen atoms in total. The van der Waals surface area contributed by atoms with Crippen LogP contribution >= 0.6 is 11.8 Å². The monoisotopic (exact) mass is 268 g/mol. The molecular weight excluding hydrogens is 258 g/mol. The van der Waals surface area contributed by atoms with Crippen molar-refractivity contribution in [3.63, 3.8) is 0 Å². The van der Waals surface area contributed by atoms with E-state index in [2.05, 4.69) is 15.4 Å². The molecule has 0 aliphatic rings. The maximum Gasteiger partial charge on any atom is 0.238 e. The average molecular weight is 268 g/mol. The van der Waals surface area contributed by atoms with Crippen LogP contribution in [-0.2, 0) is 0 Å². The van der Waals surface area contributed by atoms with E-state index >= 15 is 0 Å². The lowest BCUT2D eigenvalue weighted by Gasteiger charge is -2.05. The Bertz CT molecular complexity index is 577. The largest absolute Gasteiger partial charge is 0.292 e. The van der Waals surface area contributed by atoms with Crippen molar-refractivity contribution in [3.05, 3.63) is 41.6 Å². The summed E-state index contributed by atoms with van der Waals surface area (Å²) in [6.07, 6.45) is 0. The highest BCUT2D eigenvalue weighted by Gasteiger charge is 2.06. The third-order valence-electron chi connectivity index (χ3n) is 2.07. The Morgan fingerprint density at radius 2 is 1.94 bits per heavy atom. The van der Waals surface area contributed by atoms with Gasteiger partial charge >= 0.3 is 0 Å². The molecule has 0 radical (unpaired) electrons. The van der Waals surface area contributed by atoms with Crippen molar-refractivity contribution in [2.45, 2.75) is 16.8 Å². The van der Waals surface area contributed by atoms with Crippen LogP contribution in [-0.4, -0.2) is 9.97 Å². The number of hydrogen-bond donors (Lipinski definition) is 2. The van der Waals surface area contributed by atoms with E-state index in [1.54, 1.807) is 13.0 Å². The third kappa shape index (κ3) is 2.93. The summed E-state index contributed by atoms with van der Waals surface area (Å²) in [6, 6.07) is 5.41. The van der Waals surface area contributed by atoms with Crippen molar-refractivity contribution in [2.75, 3.05) is 5.43 Å². The Hall–Kier alpha value is -1.73. The van der Waals surface area contributed by atoms with Gasteiger partial charge in [0.05, 0.1) is 0 Å². The van der Waals surface area contributed by atoms with E-state index in [9.17, 15) is 8.78 Å². The first-order valence-corrected chi connectivity index (χ1v) is 5.85. The van der Waals surface area contributed by atoms with Crippen LogP contribution < -0.4 is 11.3 Å². The number of halogens is 2. The summed E-state index contributed by atoms with van der Waals surface area (Å²) >= 11 is 1.20. The number of hydrazine groups is 1. The van der Waals surface area contributed by atoms with Gasteiger partial charge in [-0.2, -0.15) is 0 Å². The Morgan fingerprint density at radius 3 is 2.61 bits per heavy atom. The third-order valence-corrected chi connectivity index (χ3v) is 2.98. The highest BCUT2D eigenvalue weighted by Crippen LogP contribution is 2.28. The van der Waals surface area contributed by atoms with Crippen LogP contribution in [0, 0.1) is 18.6 Å². The molecule has 0 fully saturated rings. The first kappa shape index (κ1) is 12.7. The Kier molecular flexibility index (Phi) is 3.73. The van der Waals surface area contributed by atoms with E-state index in [-0.39, 0.29) is 5.95 Å². The Labute approximate surface area is 107 Å². The molecule has 7 heteroatoms. The number of aromatic nitrogens is 2. The van der Waals surface area contributed by atoms with Crippen LogP contribution in [0.3, 0.4) is 0 Å². The van der Waals surface area contributed by atoms with Crippen LogP contribution in [0.4, 0.5) is 14.7 Å². The minimum atomic E-state index is -0.886. The molecule has 0 amide bonds. The SMILES string of the molecule is Cc1cc(Sc2ccc(F)c(F)c2)nc(NN)n1. The second-order valence-electron chi connectivity index (χ2n) is 3.49. The number of benzene rings is 1. The summed E-state index contributed by atoms with van der Waals surface area (Å²) in [5.74, 6) is 3.75. The molecule has 0 saturated heterocycles. The summed E-state index contributed by atoms with van der Waals surface area (Å²) in [4.78, 5) is 8.68. The van der Waals surface area contributed by atoms with Gasteiger partial charge in [0.1, 0.15) is 5.03 Å². The molecule has 0 atom stereocenters. The van der Waals surface area contributed by atoms with E-state index in [4.69, 9.17) is 5.84 Å². The van der Waals surface area contributed by atoms with Crippen molar-refractivity contribution in [3.8, 4) is 0 Å².